The van der Waals surface area contributed by atoms with Gasteiger partial charge in [-0.05, 0) is 36.0 Å². The zero-order chi connectivity index (χ0) is 14.8. The minimum atomic E-state index is 0.175. The van der Waals surface area contributed by atoms with Crippen molar-refractivity contribution < 1.29 is 0 Å². The van der Waals surface area contributed by atoms with Crippen LogP contribution in [0.2, 0.25) is 0 Å². The molecule has 0 amide bonds. The Morgan fingerprint density at radius 2 is 1.75 bits per heavy atom. The van der Waals surface area contributed by atoms with E-state index in [1.165, 1.54) is 16.7 Å². The number of hydrogen-bond acceptors (Lipinski definition) is 3. The lowest BCUT2D eigenvalue weighted by atomic mass is 9.85. The fourth-order valence-corrected chi connectivity index (χ4v) is 2.17. The van der Waals surface area contributed by atoms with Crippen LogP contribution in [0.1, 0.15) is 38.8 Å². The molecule has 1 aromatic carbocycles. The number of hydrogen-bond donors (Lipinski definition) is 1. The van der Waals surface area contributed by atoms with Crippen LogP contribution in [-0.4, -0.2) is 16.5 Å². The van der Waals surface area contributed by atoms with Crippen molar-refractivity contribution in [2.75, 3.05) is 11.9 Å². The Morgan fingerprint density at radius 1 is 1.10 bits per heavy atom. The summed E-state index contributed by atoms with van der Waals surface area (Å²) in [6.07, 6.45) is 3.76. The molecule has 0 saturated carbocycles. The van der Waals surface area contributed by atoms with E-state index in [4.69, 9.17) is 0 Å². The average molecular weight is 269 g/mol. The second-order valence-corrected chi connectivity index (χ2v) is 6.11. The Labute approximate surface area is 121 Å². The molecule has 0 atom stereocenters. The molecule has 0 radical (unpaired) electrons. The molecule has 0 unspecified atom stereocenters. The molecular weight excluding hydrogens is 246 g/mol. The standard InChI is InChI=1S/C17H23N3/c1-6-18-16-19-10-13(11-20-16)15-8-7-14(9-12(15)2)17(3,4)5/h7-11H,6H2,1-5H3,(H,18,19,20). The minimum Gasteiger partial charge on any atom is -0.355 e. The van der Waals surface area contributed by atoms with Gasteiger partial charge in [-0.15, -0.1) is 0 Å². The molecule has 0 fully saturated rings. The van der Waals surface area contributed by atoms with Crippen molar-refractivity contribution in [1.29, 1.82) is 0 Å². The highest BCUT2D eigenvalue weighted by molar-refractivity contribution is 5.66. The molecule has 0 aliphatic rings. The first-order chi connectivity index (χ1) is 9.41. The monoisotopic (exact) mass is 269 g/mol. The van der Waals surface area contributed by atoms with E-state index >= 15 is 0 Å². The fourth-order valence-electron chi connectivity index (χ4n) is 2.17. The van der Waals surface area contributed by atoms with Crippen LogP contribution in [-0.2, 0) is 5.41 Å². The number of aromatic nitrogens is 2. The average Bonchev–Trinajstić information content (AvgIpc) is 2.39. The van der Waals surface area contributed by atoms with Gasteiger partial charge >= 0.3 is 0 Å². The molecule has 1 N–H and O–H groups in total. The topological polar surface area (TPSA) is 37.8 Å². The smallest absolute Gasteiger partial charge is 0.222 e. The Bertz CT molecular complexity index is 580. The summed E-state index contributed by atoms with van der Waals surface area (Å²) in [6, 6.07) is 6.62. The van der Waals surface area contributed by atoms with E-state index in [1.54, 1.807) is 0 Å². The van der Waals surface area contributed by atoms with E-state index in [0.29, 0.717) is 5.95 Å². The van der Waals surface area contributed by atoms with E-state index in [-0.39, 0.29) is 5.41 Å². The van der Waals surface area contributed by atoms with Crippen molar-refractivity contribution in [3.8, 4) is 11.1 Å². The van der Waals surface area contributed by atoms with Crippen LogP contribution >= 0.6 is 0 Å². The van der Waals surface area contributed by atoms with Crippen LogP contribution in [0.15, 0.2) is 30.6 Å². The normalized spacial score (nSPS) is 11.4. The zero-order valence-corrected chi connectivity index (χ0v) is 13.0. The summed E-state index contributed by atoms with van der Waals surface area (Å²) < 4.78 is 0. The van der Waals surface area contributed by atoms with Gasteiger partial charge in [-0.3, -0.25) is 0 Å². The molecule has 0 aliphatic carbocycles. The molecule has 1 aromatic heterocycles. The van der Waals surface area contributed by atoms with Gasteiger partial charge in [0.2, 0.25) is 5.95 Å². The SMILES string of the molecule is CCNc1ncc(-c2ccc(C(C)(C)C)cc2C)cn1. The van der Waals surface area contributed by atoms with Crippen LogP contribution in [0.5, 0.6) is 0 Å². The number of nitrogens with zero attached hydrogens (tertiary/aromatic N) is 2. The summed E-state index contributed by atoms with van der Waals surface area (Å²) >= 11 is 0. The van der Waals surface area contributed by atoms with Crippen LogP contribution in [0.25, 0.3) is 11.1 Å². The van der Waals surface area contributed by atoms with Crippen molar-refractivity contribution >= 4 is 5.95 Å². The molecule has 106 valence electrons. The number of anilines is 1. The molecule has 2 aromatic rings. The summed E-state index contributed by atoms with van der Waals surface area (Å²) in [6.45, 7) is 11.7. The Morgan fingerprint density at radius 3 is 2.25 bits per heavy atom. The maximum absolute atomic E-state index is 4.33. The van der Waals surface area contributed by atoms with E-state index < -0.39 is 0 Å². The molecule has 20 heavy (non-hydrogen) atoms. The zero-order valence-electron chi connectivity index (χ0n) is 13.0. The van der Waals surface area contributed by atoms with Gasteiger partial charge in [-0.1, -0.05) is 39.0 Å². The molecule has 3 heteroatoms. The van der Waals surface area contributed by atoms with Gasteiger partial charge in [0.25, 0.3) is 0 Å². The summed E-state index contributed by atoms with van der Waals surface area (Å²) in [5.74, 6) is 0.681. The van der Waals surface area contributed by atoms with E-state index in [0.717, 1.165) is 12.1 Å². The first-order valence-electron chi connectivity index (χ1n) is 7.09. The first kappa shape index (κ1) is 14.5. The Kier molecular flexibility index (Phi) is 4.07. The number of aryl methyl sites for hydroxylation is 1. The van der Waals surface area contributed by atoms with Crippen molar-refractivity contribution in [1.82, 2.24) is 9.97 Å². The number of benzene rings is 1. The third-order valence-electron chi connectivity index (χ3n) is 3.39. The molecule has 0 spiro atoms. The summed E-state index contributed by atoms with van der Waals surface area (Å²) in [5, 5.41) is 3.11. The minimum absolute atomic E-state index is 0.175. The number of nitrogens with one attached hydrogen (secondary N) is 1. The van der Waals surface area contributed by atoms with Crippen molar-refractivity contribution in [2.24, 2.45) is 0 Å². The van der Waals surface area contributed by atoms with Gasteiger partial charge in [0.05, 0.1) is 0 Å². The third-order valence-corrected chi connectivity index (χ3v) is 3.39. The van der Waals surface area contributed by atoms with Crippen LogP contribution in [0.3, 0.4) is 0 Å². The summed E-state index contributed by atoms with van der Waals surface area (Å²) in [5.41, 5.74) is 5.04. The molecule has 3 nitrogen and oxygen atoms in total. The van der Waals surface area contributed by atoms with Gasteiger partial charge < -0.3 is 5.32 Å². The lowest BCUT2D eigenvalue weighted by molar-refractivity contribution is 0.590. The second-order valence-electron chi connectivity index (χ2n) is 6.11. The van der Waals surface area contributed by atoms with E-state index in [2.05, 4.69) is 61.2 Å². The van der Waals surface area contributed by atoms with Gasteiger partial charge in [0.15, 0.2) is 0 Å². The number of rotatable bonds is 3. The highest BCUT2D eigenvalue weighted by Crippen LogP contribution is 2.28. The first-order valence-corrected chi connectivity index (χ1v) is 7.09. The maximum Gasteiger partial charge on any atom is 0.222 e. The molecule has 0 aliphatic heterocycles. The molecule has 0 bridgehead atoms. The summed E-state index contributed by atoms with van der Waals surface area (Å²) in [7, 11) is 0. The molecule has 2 rings (SSSR count). The van der Waals surface area contributed by atoms with Crippen molar-refractivity contribution in [3.63, 3.8) is 0 Å². The fraction of sp³-hybridized carbons (Fsp3) is 0.412. The van der Waals surface area contributed by atoms with Gasteiger partial charge in [-0.2, -0.15) is 0 Å². The van der Waals surface area contributed by atoms with Crippen LogP contribution < -0.4 is 5.32 Å². The predicted octanol–water partition coefficient (Wildman–Crippen LogP) is 4.18. The largest absolute Gasteiger partial charge is 0.355 e. The van der Waals surface area contributed by atoms with Crippen molar-refractivity contribution in [2.45, 2.75) is 40.0 Å². The molecular formula is C17H23N3. The highest BCUT2D eigenvalue weighted by atomic mass is 15.1. The Hall–Kier alpha value is -1.90. The quantitative estimate of drug-likeness (QED) is 0.908. The van der Waals surface area contributed by atoms with Gasteiger partial charge in [-0.25, -0.2) is 9.97 Å². The molecule has 1 heterocycles. The second kappa shape index (κ2) is 5.61. The van der Waals surface area contributed by atoms with E-state index in [9.17, 15) is 0 Å². The van der Waals surface area contributed by atoms with Gasteiger partial charge in [0.1, 0.15) is 0 Å². The van der Waals surface area contributed by atoms with E-state index in [1.807, 2.05) is 19.3 Å². The van der Waals surface area contributed by atoms with Gasteiger partial charge in [0, 0.05) is 24.5 Å². The van der Waals surface area contributed by atoms with Crippen LogP contribution in [0, 0.1) is 6.92 Å². The maximum atomic E-state index is 4.33. The lowest BCUT2D eigenvalue weighted by Gasteiger charge is -2.20. The predicted molar refractivity (Wildman–Crippen MR) is 85.1 cm³/mol. The highest BCUT2D eigenvalue weighted by Gasteiger charge is 2.15. The summed E-state index contributed by atoms with van der Waals surface area (Å²) in [4.78, 5) is 8.67. The lowest BCUT2D eigenvalue weighted by Crippen LogP contribution is -2.11. The van der Waals surface area contributed by atoms with Crippen molar-refractivity contribution in [3.05, 3.63) is 41.7 Å². The Balaban J connectivity index is 2.33. The molecule has 0 saturated heterocycles. The van der Waals surface area contributed by atoms with Crippen LogP contribution in [0.4, 0.5) is 5.95 Å². The third kappa shape index (κ3) is 3.16.